The predicted octanol–water partition coefficient (Wildman–Crippen LogP) is 6.26. The molecule has 158 valence electrons. The summed E-state index contributed by atoms with van der Waals surface area (Å²) < 4.78 is 17.3. The van der Waals surface area contributed by atoms with Crippen molar-refractivity contribution in [2.45, 2.75) is 58.5 Å². The molecule has 1 unspecified atom stereocenters. The predicted molar refractivity (Wildman–Crippen MR) is 117 cm³/mol. The van der Waals surface area contributed by atoms with Crippen molar-refractivity contribution in [1.29, 1.82) is 0 Å². The molecule has 0 bridgehead atoms. The Morgan fingerprint density at radius 1 is 1.00 bits per heavy atom. The van der Waals surface area contributed by atoms with Crippen LogP contribution in [0, 0.1) is 6.92 Å². The second kappa shape index (κ2) is 13.1. The molecule has 0 fully saturated rings. The second-order valence-electron chi connectivity index (χ2n) is 7.34. The molecule has 0 N–H and O–H groups in total. The number of carbonyl (C=O) groups is 1. The Bertz CT molecular complexity index is 727. The molecule has 29 heavy (non-hydrogen) atoms. The molecule has 0 heterocycles. The van der Waals surface area contributed by atoms with Crippen LogP contribution in [0.1, 0.15) is 78.6 Å². The maximum absolute atomic E-state index is 11.5. The highest BCUT2D eigenvalue weighted by Gasteiger charge is 2.21. The summed E-state index contributed by atoms with van der Waals surface area (Å²) in [6.45, 7) is 4.94. The molecule has 0 amide bonds. The third-order valence-corrected chi connectivity index (χ3v) is 5.02. The number of benzene rings is 2. The molecular weight excluding hydrogens is 364 g/mol. The third-order valence-electron chi connectivity index (χ3n) is 5.02. The lowest BCUT2D eigenvalue weighted by Gasteiger charge is -2.23. The van der Waals surface area contributed by atoms with Gasteiger partial charge in [0.25, 0.3) is 0 Å². The van der Waals surface area contributed by atoms with Crippen LogP contribution in [-0.2, 0) is 9.47 Å². The third kappa shape index (κ3) is 7.30. The first kappa shape index (κ1) is 23.1. The van der Waals surface area contributed by atoms with Crippen LogP contribution in [0.4, 0.5) is 0 Å². The zero-order chi connectivity index (χ0) is 20.9. The van der Waals surface area contributed by atoms with E-state index in [4.69, 9.17) is 14.2 Å². The van der Waals surface area contributed by atoms with Crippen molar-refractivity contribution in [3.8, 4) is 5.75 Å². The molecule has 0 aliphatic heterocycles. The normalized spacial score (nSPS) is 12.0. The van der Waals surface area contributed by atoms with Crippen molar-refractivity contribution in [3.05, 3.63) is 64.7 Å². The van der Waals surface area contributed by atoms with E-state index in [0.29, 0.717) is 17.9 Å². The maximum atomic E-state index is 11.5. The number of ether oxygens (including phenoxy) is 3. The SMILES string of the molecule is CCCCCCCCOC(c1ccccc1)c1cc(C=O)c(C)cc1OCOC. The van der Waals surface area contributed by atoms with Gasteiger partial charge in [-0.3, -0.25) is 4.79 Å². The Morgan fingerprint density at radius 3 is 2.41 bits per heavy atom. The topological polar surface area (TPSA) is 44.8 Å². The largest absolute Gasteiger partial charge is 0.467 e. The fraction of sp³-hybridized carbons (Fsp3) is 0.480. The van der Waals surface area contributed by atoms with Gasteiger partial charge in [-0.1, -0.05) is 69.4 Å². The zero-order valence-electron chi connectivity index (χ0n) is 18.0. The Kier molecular flexibility index (Phi) is 10.5. The van der Waals surface area contributed by atoms with E-state index in [1.165, 1.54) is 32.1 Å². The number of aldehydes is 1. The van der Waals surface area contributed by atoms with Crippen LogP contribution in [0.25, 0.3) is 0 Å². The molecule has 0 saturated carbocycles. The van der Waals surface area contributed by atoms with Gasteiger partial charge in [-0.15, -0.1) is 0 Å². The Morgan fingerprint density at radius 2 is 1.72 bits per heavy atom. The first-order chi connectivity index (χ1) is 14.2. The van der Waals surface area contributed by atoms with Gasteiger partial charge in [0.2, 0.25) is 0 Å². The van der Waals surface area contributed by atoms with Crippen LogP contribution in [-0.4, -0.2) is 26.8 Å². The zero-order valence-corrected chi connectivity index (χ0v) is 18.0. The standard InChI is InChI=1S/C25H34O4/c1-4-5-6-7-8-12-15-28-25(21-13-10-9-11-14-21)23-17-22(18-26)20(2)16-24(23)29-19-27-3/h9-11,13-14,16-18,25H,4-8,12,15,19H2,1-3H3. The summed E-state index contributed by atoms with van der Waals surface area (Å²) in [6.07, 6.45) is 7.86. The average Bonchev–Trinajstić information content (AvgIpc) is 2.75. The van der Waals surface area contributed by atoms with Crippen LogP contribution >= 0.6 is 0 Å². The number of unbranched alkanes of at least 4 members (excludes halogenated alkanes) is 5. The van der Waals surface area contributed by atoms with Gasteiger partial charge >= 0.3 is 0 Å². The molecule has 0 saturated heterocycles. The van der Waals surface area contributed by atoms with E-state index in [0.717, 1.165) is 29.4 Å². The Labute approximate surface area is 175 Å². The fourth-order valence-corrected chi connectivity index (χ4v) is 3.37. The highest BCUT2D eigenvalue weighted by atomic mass is 16.7. The van der Waals surface area contributed by atoms with Gasteiger partial charge in [0, 0.05) is 24.8 Å². The minimum atomic E-state index is -0.294. The van der Waals surface area contributed by atoms with Gasteiger partial charge in [-0.2, -0.15) is 0 Å². The summed E-state index contributed by atoms with van der Waals surface area (Å²) in [4.78, 5) is 11.5. The maximum Gasteiger partial charge on any atom is 0.188 e. The van der Waals surface area contributed by atoms with Crippen LogP contribution in [0.5, 0.6) is 5.75 Å². The first-order valence-electron chi connectivity index (χ1n) is 10.6. The van der Waals surface area contributed by atoms with Gasteiger partial charge in [-0.05, 0) is 36.6 Å². The molecule has 0 spiro atoms. The lowest BCUT2D eigenvalue weighted by Crippen LogP contribution is -2.12. The van der Waals surface area contributed by atoms with E-state index < -0.39 is 0 Å². The summed E-state index contributed by atoms with van der Waals surface area (Å²) in [5.41, 5.74) is 3.42. The van der Waals surface area contributed by atoms with E-state index in [1.54, 1.807) is 7.11 Å². The molecule has 0 aliphatic rings. The molecule has 1 atom stereocenters. The Balaban J connectivity index is 2.22. The second-order valence-corrected chi connectivity index (χ2v) is 7.34. The molecule has 0 radical (unpaired) electrons. The number of carbonyl (C=O) groups excluding carboxylic acids is 1. The van der Waals surface area contributed by atoms with E-state index in [9.17, 15) is 4.79 Å². The van der Waals surface area contributed by atoms with Crippen molar-refractivity contribution >= 4 is 6.29 Å². The van der Waals surface area contributed by atoms with Crippen molar-refractivity contribution < 1.29 is 19.0 Å². The lowest BCUT2D eigenvalue weighted by molar-refractivity contribution is 0.0428. The number of methoxy groups -OCH3 is 1. The minimum absolute atomic E-state index is 0.145. The van der Waals surface area contributed by atoms with Gasteiger partial charge in [-0.25, -0.2) is 0 Å². The molecular formula is C25H34O4. The molecule has 0 aromatic heterocycles. The monoisotopic (exact) mass is 398 g/mol. The number of aryl methyl sites for hydroxylation is 1. The van der Waals surface area contributed by atoms with E-state index in [1.807, 2.05) is 49.4 Å². The van der Waals surface area contributed by atoms with Crippen molar-refractivity contribution in [2.75, 3.05) is 20.5 Å². The highest BCUT2D eigenvalue weighted by molar-refractivity contribution is 5.78. The van der Waals surface area contributed by atoms with Crippen LogP contribution in [0.2, 0.25) is 0 Å². The summed E-state index contributed by atoms with van der Waals surface area (Å²) >= 11 is 0. The smallest absolute Gasteiger partial charge is 0.188 e. The van der Waals surface area contributed by atoms with Crippen LogP contribution in [0.3, 0.4) is 0 Å². The Hall–Kier alpha value is -2.17. The van der Waals surface area contributed by atoms with Crippen molar-refractivity contribution in [1.82, 2.24) is 0 Å². The highest BCUT2D eigenvalue weighted by Crippen LogP contribution is 2.35. The van der Waals surface area contributed by atoms with Gasteiger partial charge in [0.05, 0.1) is 0 Å². The summed E-state index contributed by atoms with van der Waals surface area (Å²) in [5, 5.41) is 0. The van der Waals surface area contributed by atoms with Crippen LogP contribution < -0.4 is 4.74 Å². The molecule has 2 aromatic carbocycles. The van der Waals surface area contributed by atoms with Gasteiger partial charge in [0.15, 0.2) is 6.79 Å². The summed E-state index contributed by atoms with van der Waals surface area (Å²) in [7, 11) is 1.59. The van der Waals surface area contributed by atoms with E-state index in [-0.39, 0.29) is 12.9 Å². The van der Waals surface area contributed by atoms with Gasteiger partial charge < -0.3 is 14.2 Å². The average molecular weight is 399 g/mol. The lowest BCUT2D eigenvalue weighted by atomic mass is 9.96. The number of rotatable bonds is 14. The summed E-state index contributed by atoms with van der Waals surface area (Å²) in [5.74, 6) is 0.687. The molecule has 0 aliphatic carbocycles. The van der Waals surface area contributed by atoms with E-state index in [2.05, 4.69) is 6.92 Å². The van der Waals surface area contributed by atoms with Crippen molar-refractivity contribution in [2.24, 2.45) is 0 Å². The minimum Gasteiger partial charge on any atom is -0.467 e. The molecule has 2 aromatic rings. The van der Waals surface area contributed by atoms with Crippen LogP contribution in [0.15, 0.2) is 42.5 Å². The van der Waals surface area contributed by atoms with Gasteiger partial charge in [0.1, 0.15) is 18.1 Å². The number of hydrogen-bond donors (Lipinski definition) is 0. The molecule has 4 nitrogen and oxygen atoms in total. The quantitative estimate of drug-likeness (QED) is 0.214. The first-order valence-corrected chi connectivity index (χ1v) is 10.6. The number of hydrogen-bond acceptors (Lipinski definition) is 4. The van der Waals surface area contributed by atoms with Crippen molar-refractivity contribution in [3.63, 3.8) is 0 Å². The van der Waals surface area contributed by atoms with E-state index >= 15 is 0 Å². The summed E-state index contributed by atoms with van der Waals surface area (Å²) in [6, 6.07) is 13.9. The fourth-order valence-electron chi connectivity index (χ4n) is 3.37. The molecule has 4 heteroatoms. The molecule has 2 rings (SSSR count).